The van der Waals surface area contributed by atoms with Crippen LogP contribution in [0.3, 0.4) is 0 Å². The first-order valence-electron chi connectivity index (χ1n) is 5.47. The van der Waals surface area contributed by atoms with Gasteiger partial charge in [-0.15, -0.1) is 11.3 Å². The number of anilines is 1. The Labute approximate surface area is 116 Å². The number of carboxylic acid groups (broad SMARTS) is 1. The summed E-state index contributed by atoms with van der Waals surface area (Å²) >= 11 is 1.12. The Hall–Kier alpha value is -2.55. The monoisotopic (exact) mass is 294 g/mol. The normalized spacial score (nSPS) is 10.2. The first kappa shape index (κ1) is 13.9. The summed E-state index contributed by atoms with van der Waals surface area (Å²) in [6.45, 7) is 0. The Morgan fingerprint density at radius 2 is 2.20 bits per heavy atom. The van der Waals surface area contributed by atoms with Gasteiger partial charge in [0.15, 0.2) is 5.13 Å². The maximum absolute atomic E-state index is 11.9. The Morgan fingerprint density at radius 3 is 2.85 bits per heavy atom. The highest BCUT2D eigenvalue weighted by atomic mass is 32.1. The zero-order valence-corrected chi connectivity index (χ0v) is 11.2. The quantitative estimate of drug-likeness (QED) is 0.827. The molecule has 2 aromatic heterocycles. The molecule has 2 N–H and O–H groups in total. The fraction of sp³-hybridized carbons (Fsp3) is 0.182. The predicted molar refractivity (Wildman–Crippen MR) is 70.9 cm³/mol. The topological polar surface area (TPSA) is 114 Å². The van der Waals surface area contributed by atoms with Crippen molar-refractivity contribution in [2.75, 3.05) is 5.32 Å². The number of rotatable bonds is 4. The summed E-state index contributed by atoms with van der Waals surface area (Å²) in [5.74, 6) is -1.51. The number of carbonyl (C=O) groups excluding carboxylic acids is 1. The molecule has 9 heteroatoms. The van der Waals surface area contributed by atoms with Gasteiger partial charge in [0.25, 0.3) is 11.5 Å². The molecule has 8 nitrogen and oxygen atoms in total. The molecule has 0 saturated heterocycles. The van der Waals surface area contributed by atoms with Crippen molar-refractivity contribution in [1.82, 2.24) is 14.8 Å². The third-order valence-electron chi connectivity index (χ3n) is 2.30. The molecule has 2 heterocycles. The minimum Gasteiger partial charge on any atom is -0.481 e. The number of carboxylic acids is 1. The van der Waals surface area contributed by atoms with Gasteiger partial charge in [-0.3, -0.25) is 19.7 Å². The number of carbonyl (C=O) groups is 2. The number of hydrogen-bond acceptors (Lipinski definition) is 6. The lowest BCUT2D eigenvalue weighted by molar-refractivity contribution is -0.136. The fourth-order valence-corrected chi connectivity index (χ4v) is 2.09. The van der Waals surface area contributed by atoms with Gasteiger partial charge in [0.05, 0.1) is 12.1 Å². The van der Waals surface area contributed by atoms with Gasteiger partial charge >= 0.3 is 5.97 Å². The van der Waals surface area contributed by atoms with Gasteiger partial charge in [0.1, 0.15) is 5.69 Å². The highest BCUT2D eigenvalue weighted by Crippen LogP contribution is 2.16. The highest BCUT2D eigenvalue weighted by Gasteiger charge is 2.12. The second kappa shape index (κ2) is 5.61. The van der Waals surface area contributed by atoms with E-state index in [0.717, 1.165) is 16.0 Å². The molecule has 0 saturated carbocycles. The second-order valence-electron chi connectivity index (χ2n) is 3.85. The molecule has 0 spiro atoms. The number of hydrogen-bond donors (Lipinski definition) is 2. The highest BCUT2D eigenvalue weighted by molar-refractivity contribution is 7.14. The summed E-state index contributed by atoms with van der Waals surface area (Å²) in [6, 6.07) is 2.54. The molecule has 20 heavy (non-hydrogen) atoms. The number of nitrogens with zero attached hydrogens (tertiary/aromatic N) is 3. The van der Waals surface area contributed by atoms with Gasteiger partial charge in [-0.25, -0.2) is 9.67 Å². The Balaban J connectivity index is 2.11. The van der Waals surface area contributed by atoms with Gasteiger partial charge in [0, 0.05) is 18.5 Å². The molecule has 0 aromatic carbocycles. The maximum atomic E-state index is 11.9. The summed E-state index contributed by atoms with van der Waals surface area (Å²) in [7, 11) is 1.44. The van der Waals surface area contributed by atoms with Crippen molar-refractivity contribution in [1.29, 1.82) is 0 Å². The van der Waals surface area contributed by atoms with Crippen LogP contribution in [0.5, 0.6) is 0 Å². The van der Waals surface area contributed by atoms with E-state index >= 15 is 0 Å². The van der Waals surface area contributed by atoms with Crippen molar-refractivity contribution in [2.24, 2.45) is 7.05 Å². The lowest BCUT2D eigenvalue weighted by atomic mass is 10.3. The van der Waals surface area contributed by atoms with Crippen molar-refractivity contribution in [3.8, 4) is 0 Å². The molecule has 0 bridgehead atoms. The van der Waals surface area contributed by atoms with Crippen LogP contribution in [0.15, 0.2) is 22.3 Å². The molecular weight excluding hydrogens is 284 g/mol. The van der Waals surface area contributed by atoms with Gasteiger partial charge in [-0.05, 0) is 6.07 Å². The largest absolute Gasteiger partial charge is 0.481 e. The molecule has 2 rings (SSSR count). The molecule has 0 radical (unpaired) electrons. The number of aryl methyl sites for hydroxylation is 1. The van der Waals surface area contributed by atoms with E-state index in [1.165, 1.54) is 19.2 Å². The van der Waals surface area contributed by atoms with Crippen LogP contribution in [-0.4, -0.2) is 31.7 Å². The van der Waals surface area contributed by atoms with E-state index in [-0.39, 0.29) is 22.8 Å². The number of thiazole rings is 1. The van der Waals surface area contributed by atoms with E-state index in [9.17, 15) is 14.4 Å². The SMILES string of the molecule is Cn1nc(C(=O)Nc2nc(CC(=O)O)cs2)ccc1=O. The van der Waals surface area contributed by atoms with Crippen LogP contribution in [0.4, 0.5) is 5.13 Å². The third-order valence-corrected chi connectivity index (χ3v) is 3.10. The van der Waals surface area contributed by atoms with Crippen molar-refractivity contribution in [3.05, 3.63) is 39.3 Å². The first-order chi connectivity index (χ1) is 9.45. The predicted octanol–water partition coefficient (Wildman–Crippen LogP) is 0.116. The Bertz CT molecular complexity index is 721. The zero-order chi connectivity index (χ0) is 14.7. The summed E-state index contributed by atoms with van der Waals surface area (Å²) in [6.07, 6.45) is -0.204. The maximum Gasteiger partial charge on any atom is 0.309 e. The number of nitrogens with one attached hydrogen (secondary N) is 1. The van der Waals surface area contributed by atoms with Crippen LogP contribution in [0, 0.1) is 0 Å². The molecule has 104 valence electrons. The summed E-state index contributed by atoms with van der Waals surface area (Å²) in [5.41, 5.74) is 0.118. The molecule has 0 fully saturated rings. The fourth-order valence-electron chi connectivity index (χ4n) is 1.39. The van der Waals surface area contributed by atoms with Crippen LogP contribution in [0.25, 0.3) is 0 Å². The van der Waals surface area contributed by atoms with Crippen molar-refractivity contribution < 1.29 is 14.7 Å². The average molecular weight is 294 g/mol. The Kier molecular flexibility index (Phi) is 3.89. The smallest absolute Gasteiger partial charge is 0.309 e. The summed E-state index contributed by atoms with van der Waals surface area (Å²) in [5, 5.41) is 16.8. The molecule has 0 atom stereocenters. The molecule has 0 unspecified atom stereocenters. The van der Waals surface area contributed by atoms with E-state index in [1.807, 2.05) is 0 Å². The zero-order valence-electron chi connectivity index (χ0n) is 10.4. The number of aliphatic carboxylic acids is 1. The van der Waals surface area contributed by atoms with E-state index in [4.69, 9.17) is 5.11 Å². The Morgan fingerprint density at radius 1 is 1.45 bits per heavy atom. The van der Waals surface area contributed by atoms with E-state index < -0.39 is 11.9 Å². The average Bonchev–Trinajstić information content (AvgIpc) is 2.79. The van der Waals surface area contributed by atoms with Crippen molar-refractivity contribution in [3.63, 3.8) is 0 Å². The van der Waals surface area contributed by atoms with Crippen molar-refractivity contribution >= 4 is 28.3 Å². The van der Waals surface area contributed by atoms with Crippen LogP contribution < -0.4 is 10.9 Å². The van der Waals surface area contributed by atoms with Crippen LogP contribution in [0.2, 0.25) is 0 Å². The molecule has 2 aromatic rings. The van der Waals surface area contributed by atoms with Crippen LogP contribution in [0.1, 0.15) is 16.2 Å². The van der Waals surface area contributed by atoms with E-state index in [2.05, 4.69) is 15.4 Å². The second-order valence-corrected chi connectivity index (χ2v) is 4.71. The van der Waals surface area contributed by atoms with Gasteiger partial charge < -0.3 is 5.11 Å². The first-order valence-corrected chi connectivity index (χ1v) is 6.35. The molecular formula is C11H10N4O4S. The van der Waals surface area contributed by atoms with E-state index in [1.54, 1.807) is 5.38 Å². The van der Waals surface area contributed by atoms with E-state index in [0.29, 0.717) is 5.69 Å². The minimum absolute atomic E-state index is 0.0714. The van der Waals surface area contributed by atoms with Crippen molar-refractivity contribution in [2.45, 2.75) is 6.42 Å². The molecule has 0 aliphatic heterocycles. The third kappa shape index (κ3) is 3.26. The summed E-state index contributed by atoms with van der Waals surface area (Å²) in [4.78, 5) is 37.5. The number of aromatic nitrogens is 3. The summed E-state index contributed by atoms with van der Waals surface area (Å²) < 4.78 is 1.05. The molecule has 0 aliphatic rings. The number of amides is 1. The van der Waals surface area contributed by atoms with Crippen LogP contribution in [-0.2, 0) is 18.3 Å². The van der Waals surface area contributed by atoms with Gasteiger partial charge in [0.2, 0.25) is 0 Å². The lowest BCUT2D eigenvalue weighted by Crippen LogP contribution is -2.23. The molecule has 0 aliphatic carbocycles. The van der Waals surface area contributed by atoms with Gasteiger partial charge in [-0.1, -0.05) is 0 Å². The standard InChI is InChI=1S/C11H10N4O4S/c1-15-8(16)3-2-7(14-15)10(19)13-11-12-6(5-20-11)4-9(17)18/h2-3,5H,4H2,1H3,(H,17,18)(H,12,13,19). The minimum atomic E-state index is -0.993. The van der Waals surface area contributed by atoms with Crippen LogP contribution >= 0.6 is 11.3 Å². The van der Waals surface area contributed by atoms with Gasteiger partial charge in [-0.2, -0.15) is 5.10 Å². The lowest BCUT2D eigenvalue weighted by Gasteiger charge is -2.02. The molecule has 1 amide bonds.